The summed E-state index contributed by atoms with van der Waals surface area (Å²) in [4.78, 5) is 15.3. The molecule has 0 aliphatic carbocycles. The van der Waals surface area contributed by atoms with E-state index in [0.29, 0.717) is 16.2 Å². The minimum Gasteiger partial charge on any atom is -0.353 e. The van der Waals surface area contributed by atoms with Crippen LogP contribution in [0, 0.1) is 11.3 Å². The zero-order valence-electron chi connectivity index (χ0n) is 14.8. The van der Waals surface area contributed by atoms with Crippen molar-refractivity contribution in [2.45, 2.75) is 16.2 Å². The number of nitrogens with zero attached hydrogens (tertiary/aromatic N) is 1. The Labute approximate surface area is 172 Å². The molecule has 0 amide bonds. The molecule has 1 aliphatic heterocycles. The topological polar surface area (TPSA) is 52.9 Å². The van der Waals surface area contributed by atoms with Gasteiger partial charge in [0.25, 0.3) is 0 Å². The van der Waals surface area contributed by atoms with E-state index in [1.165, 1.54) is 6.08 Å². The van der Waals surface area contributed by atoms with Crippen LogP contribution in [0.25, 0.3) is 5.57 Å². The molecule has 5 heteroatoms. The van der Waals surface area contributed by atoms with Gasteiger partial charge in [-0.3, -0.25) is 4.79 Å². The molecule has 0 bridgehead atoms. The van der Waals surface area contributed by atoms with Gasteiger partial charge in [0.1, 0.15) is 0 Å². The number of para-hydroxylation sites is 2. The Kier molecular flexibility index (Phi) is 5.21. The summed E-state index contributed by atoms with van der Waals surface area (Å²) in [5.74, 6) is -0.0409. The van der Waals surface area contributed by atoms with Gasteiger partial charge in [-0.05, 0) is 47.5 Å². The quantitative estimate of drug-likeness (QED) is 0.303. The predicted molar refractivity (Wildman–Crippen MR) is 114 cm³/mol. The molecule has 0 unspecified atom stereocenters. The van der Waals surface area contributed by atoms with E-state index in [2.05, 4.69) is 11.4 Å². The second-order valence-corrected chi connectivity index (χ2v) is 7.83. The van der Waals surface area contributed by atoms with Crippen molar-refractivity contribution in [3.05, 3.63) is 89.0 Å². The highest BCUT2D eigenvalue weighted by atomic mass is 35.5. The molecule has 0 spiro atoms. The summed E-state index contributed by atoms with van der Waals surface area (Å²) in [5, 5.41) is 13.2. The Hall–Kier alpha value is -3.00. The number of Topliss-reactive ketones (excluding diaryl/α,β-unsaturated/α-hetero) is 1. The number of rotatable bonds is 4. The van der Waals surface area contributed by atoms with Crippen LogP contribution in [0.5, 0.6) is 0 Å². The first-order valence-corrected chi connectivity index (χ1v) is 9.90. The van der Waals surface area contributed by atoms with E-state index >= 15 is 0 Å². The number of hydrogen-bond donors (Lipinski definition) is 1. The third-order valence-electron chi connectivity index (χ3n) is 4.50. The molecule has 1 heterocycles. The number of nitrogens with one attached hydrogen (secondary N) is 1. The molecular weight excluding hydrogens is 388 g/mol. The van der Waals surface area contributed by atoms with E-state index in [1.807, 2.05) is 54.6 Å². The molecule has 1 N–H and O–H groups in total. The first kappa shape index (κ1) is 18.4. The van der Waals surface area contributed by atoms with E-state index in [-0.39, 0.29) is 12.2 Å². The maximum atomic E-state index is 13.1. The van der Waals surface area contributed by atoms with Crippen molar-refractivity contribution < 1.29 is 4.79 Å². The minimum atomic E-state index is -0.0409. The van der Waals surface area contributed by atoms with Crippen LogP contribution in [0.3, 0.4) is 0 Å². The molecule has 0 saturated heterocycles. The van der Waals surface area contributed by atoms with E-state index in [0.717, 1.165) is 26.7 Å². The molecule has 0 saturated carbocycles. The second kappa shape index (κ2) is 7.93. The number of benzene rings is 3. The highest BCUT2D eigenvalue weighted by molar-refractivity contribution is 7.99. The molecule has 0 radical (unpaired) electrons. The zero-order chi connectivity index (χ0) is 19.5. The van der Waals surface area contributed by atoms with Crippen molar-refractivity contribution in [2.75, 3.05) is 5.32 Å². The van der Waals surface area contributed by atoms with Crippen molar-refractivity contribution in [2.24, 2.45) is 0 Å². The summed E-state index contributed by atoms with van der Waals surface area (Å²) in [6, 6.07) is 23.0. The van der Waals surface area contributed by atoms with Gasteiger partial charge in [-0.1, -0.05) is 53.7 Å². The number of allylic oxidation sites excluding steroid dienone is 2. The van der Waals surface area contributed by atoms with Gasteiger partial charge in [0, 0.05) is 32.9 Å². The van der Waals surface area contributed by atoms with Crippen LogP contribution in [0.2, 0.25) is 5.02 Å². The SMILES string of the molecule is N#CC=C(CC(=O)c1cccc2c1Nc1ccccc1S2)c1ccc(Cl)cc1. The maximum Gasteiger partial charge on any atom is 0.169 e. The van der Waals surface area contributed by atoms with Crippen molar-refractivity contribution in [3.8, 4) is 6.07 Å². The summed E-state index contributed by atoms with van der Waals surface area (Å²) in [5.41, 5.74) is 3.93. The number of carbonyl (C=O) groups excluding carboxylic acids is 1. The number of nitriles is 1. The molecule has 28 heavy (non-hydrogen) atoms. The van der Waals surface area contributed by atoms with Gasteiger partial charge in [0.2, 0.25) is 0 Å². The van der Waals surface area contributed by atoms with Crippen molar-refractivity contribution in [1.82, 2.24) is 0 Å². The number of halogens is 1. The fourth-order valence-corrected chi connectivity index (χ4v) is 4.28. The Morgan fingerprint density at radius 2 is 1.79 bits per heavy atom. The summed E-state index contributed by atoms with van der Waals surface area (Å²) >= 11 is 7.60. The van der Waals surface area contributed by atoms with Crippen LogP contribution in [0.15, 0.2) is 82.6 Å². The number of anilines is 2. The van der Waals surface area contributed by atoms with Gasteiger partial charge in [0.15, 0.2) is 5.78 Å². The first-order valence-electron chi connectivity index (χ1n) is 8.70. The lowest BCUT2D eigenvalue weighted by molar-refractivity contribution is 0.0999. The van der Waals surface area contributed by atoms with E-state index in [1.54, 1.807) is 23.9 Å². The van der Waals surface area contributed by atoms with Crippen LogP contribution < -0.4 is 5.32 Å². The molecular formula is C23H15ClN2OS. The van der Waals surface area contributed by atoms with Crippen LogP contribution >= 0.6 is 23.4 Å². The normalized spacial score (nSPS) is 12.4. The fourth-order valence-electron chi connectivity index (χ4n) is 3.14. The number of carbonyl (C=O) groups is 1. The molecule has 3 nitrogen and oxygen atoms in total. The molecule has 0 atom stereocenters. The summed E-state index contributed by atoms with van der Waals surface area (Å²) in [6.07, 6.45) is 1.56. The van der Waals surface area contributed by atoms with Gasteiger partial charge in [0.05, 0.1) is 17.4 Å². The lowest BCUT2D eigenvalue weighted by atomic mass is 9.96. The van der Waals surface area contributed by atoms with Gasteiger partial charge >= 0.3 is 0 Å². The Morgan fingerprint density at radius 1 is 1.04 bits per heavy atom. The van der Waals surface area contributed by atoms with Crippen molar-refractivity contribution in [1.29, 1.82) is 5.26 Å². The van der Waals surface area contributed by atoms with Crippen molar-refractivity contribution in [3.63, 3.8) is 0 Å². The van der Waals surface area contributed by atoms with Gasteiger partial charge in [-0.25, -0.2) is 0 Å². The molecule has 3 aromatic carbocycles. The molecule has 0 aromatic heterocycles. The highest BCUT2D eigenvalue weighted by Crippen LogP contribution is 2.45. The van der Waals surface area contributed by atoms with E-state index in [4.69, 9.17) is 16.9 Å². The third kappa shape index (κ3) is 3.68. The smallest absolute Gasteiger partial charge is 0.169 e. The molecule has 4 rings (SSSR count). The average Bonchev–Trinajstić information content (AvgIpc) is 2.72. The van der Waals surface area contributed by atoms with Gasteiger partial charge in [-0.2, -0.15) is 5.26 Å². The maximum absolute atomic E-state index is 13.1. The monoisotopic (exact) mass is 402 g/mol. The Bertz CT molecular complexity index is 1130. The van der Waals surface area contributed by atoms with Crippen molar-refractivity contribution >= 4 is 46.1 Å². The Balaban J connectivity index is 1.65. The second-order valence-electron chi connectivity index (χ2n) is 6.31. The van der Waals surface area contributed by atoms with Crippen LogP contribution in [-0.4, -0.2) is 5.78 Å². The Morgan fingerprint density at radius 3 is 2.57 bits per heavy atom. The molecule has 3 aromatic rings. The lowest BCUT2D eigenvalue weighted by Crippen LogP contribution is -2.08. The predicted octanol–water partition coefficient (Wildman–Crippen LogP) is 6.73. The summed E-state index contributed by atoms with van der Waals surface area (Å²) in [7, 11) is 0. The molecule has 0 fully saturated rings. The van der Waals surface area contributed by atoms with Crippen LogP contribution in [-0.2, 0) is 0 Å². The first-order chi connectivity index (χ1) is 13.7. The fraction of sp³-hybridized carbons (Fsp3) is 0.0435. The lowest BCUT2D eigenvalue weighted by Gasteiger charge is -2.23. The summed E-state index contributed by atoms with van der Waals surface area (Å²) in [6.45, 7) is 0. The zero-order valence-corrected chi connectivity index (χ0v) is 16.3. The van der Waals surface area contributed by atoms with Gasteiger partial charge in [-0.15, -0.1) is 0 Å². The summed E-state index contributed by atoms with van der Waals surface area (Å²) < 4.78 is 0. The van der Waals surface area contributed by atoms with Crippen LogP contribution in [0.4, 0.5) is 11.4 Å². The highest BCUT2D eigenvalue weighted by Gasteiger charge is 2.22. The van der Waals surface area contributed by atoms with E-state index in [9.17, 15) is 4.79 Å². The number of hydrogen-bond acceptors (Lipinski definition) is 4. The molecule has 1 aliphatic rings. The standard InChI is InChI=1S/C23H15ClN2OS/c24-17-10-8-15(9-11-17)16(12-13-25)14-20(27)18-4-3-7-22-23(18)26-19-5-1-2-6-21(19)28-22/h1-12,26H,14H2. The third-order valence-corrected chi connectivity index (χ3v) is 5.89. The van der Waals surface area contributed by atoms with Gasteiger partial charge < -0.3 is 5.32 Å². The largest absolute Gasteiger partial charge is 0.353 e. The van der Waals surface area contributed by atoms with E-state index < -0.39 is 0 Å². The number of ketones is 1. The number of fused-ring (bicyclic) bond motifs is 2. The molecule has 136 valence electrons. The average molecular weight is 403 g/mol. The van der Waals surface area contributed by atoms with Crippen LogP contribution in [0.1, 0.15) is 22.3 Å². The minimum absolute atomic E-state index is 0.0409.